The molecule has 2 aromatic carbocycles. The third-order valence-electron chi connectivity index (χ3n) is 5.82. The summed E-state index contributed by atoms with van der Waals surface area (Å²) in [7, 11) is 0. The summed E-state index contributed by atoms with van der Waals surface area (Å²) in [4.78, 5) is 50.2. The predicted molar refractivity (Wildman–Crippen MR) is 128 cm³/mol. The van der Waals surface area contributed by atoms with E-state index >= 15 is 0 Å². The molecule has 2 aliphatic heterocycles. The molecule has 12 nitrogen and oxygen atoms in total. The smallest absolute Gasteiger partial charge is 0.368 e. The molecule has 0 saturated carbocycles. The Balaban J connectivity index is 1.40. The molecule has 2 aliphatic rings. The van der Waals surface area contributed by atoms with Crippen LogP contribution in [-0.4, -0.2) is 45.9 Å². The zero-order chi connectivity index (χ0) is 25.4. The summed E-state index contributed by atoms with van der Waals surface area (Å²) < 4.78 is 12.5. The van der Waals surface area contributed by atoms with Crippen LogP contribution in [0.5, 0.6) is 11.5 Å². The number of para-hydroxylation sites is 1. The number of anilines is 1. The highest BCUT2D eigenvalue weighted by atomic mass is 16.7. The molecule has 2 N–H and O–H groups in total. The van der Waals surface area contributed by atoms with Crippen molar-refractivity contribution in [3.8, 4) is 11.5 Å². The fourth-order valence-corrected chi connectivity index (χ4v) is 4.13. The maximum Gasteiger partial charge on any atom is 0.368 e. The number of nitrogens with zero attached hydrogens (tertiary/aromatic N) is 3. The van der Waals surface area contributed by atoms with Gasteiger partial charge in [-0.1, -0.05) is 18.2 Å². The lowest BCUT2D eigenvalue weighted by Gasteiger charge is -2.12. The molecule has 1 unspecified atom stereocenters. The van der Waals surface area contributed by atoms with Crippen molar-refractivity contribution in [3.63, 3.8) is 0 Å². The van der Waals surface area contributed by atoms with Gasteiger partial charge in [0.1, 0.15) is 12.4 Å². The molecule has 0 saturated heterocycles. The normalized spacial score (nSPS) is 16.8. The molecule has 0 radical (unpaired) electrons. The van der Waals surface area contributed by atoms with Gasteiger partial charge in [-0.15, -0.1) is 0 Å². The monoisotopic (exact) mass is 489 g/mol. The van der Waals surface area contributed by atoms with Gasteiger partial charge in [-0.05, 0) is 37.3 Å². The predicted octanol–water partition coefficient (Wildman–Crippen LogP) is 2.03. The highest BCUT2D eigenvalue weighted by molar-refractivity contribution is 6.21. The van der Waals surface area contributed by atoms with E-state index < -0.39 is 22.8 Å². The lowest BCUT2D eigenvalue weighted by Crippen LogP contribution is -2.50. The van der Waals surface area contributed by atoms with E-state index in [0.717, 1.165) is 22.2 Å². The van der Waals surface area contributed by atoms with Crippen molar-refractivity contribution in [1.29, 1.82) is 0 Å². The number of nitrogens with one attached hydrogen (secondary N) is 2. The quantitative estimate of drug-likeness (QED) is 0.305. The molecule has 182 valence electrons. The van der Waals surface area contributed by atoms with Crippen molar-refractivity contribution in [3.05, 3.63) is 69.9 Å². The van der Waals surface area contributed by atoms with Crippen molar-refractivity contribution in [2.24, 2.45) is 4.99 Å². The number of aromatic nitrogens is 1. The summed E-state index contributed by atoms with van der Waals surface area (Å²) in [5.74, 6) is -1.36. The van der Waals surface area contributed by atoms with Crippen LogP contribution in [0.25, 0.3) is 17.0 Å². The Morgan fingerprint density at radius 2 is 2.00 bits per heavy atom. The largest absolute Gasteiger partial charge is 0.454 e. The van der Waals surface area contributed by atoms with E-state index in [9.17, 15) is 24.5 Å². The summed E-state index contributed by atoms with van der Waals surface area (Å²) in [6, 6.07) is 10.5. The lowest BCUT2D eigenvalue weighted by atomic mass is 10.1. The van der Waals surface area contributed by atoms with Crippen molar-refractivity contribution >= 4 is 46.2 Å². The second kappa shape index (κ2) is 8.98. The van der Waals surface area contributed by atoms with E-state index in [0.29, 0.717) is 17.2 Å². The van der Waals surface area contributed by atoms with Gasteiger partial charge in [-0.25, -0.2) is 0 Å². The molecule has 0 bridgehead atoms. The van der Waals surface area contributed by atoms with Crippen LogP contribution in [0.3, 0.4) is 0 Å². The Kier molecular flexibility index (Phi) is 5.68. The van der Waals surface area contributed by atoms with Gasteiger partial charge < -0.3 is 24.7 Å². The average molecular weight is 489 g/mol. The van der Waals surface area contributed by atoms with Crippen LogP contribution < -0.4 is 20.1 Å². The molecular formula is C24H19N5O7. The number of carbonyl (C=O) groups excluding carboxylic acids is 3. The van der Waals surface area contributed by atoms with Crippen LogP contribution >= 0.6 is 0 Å². The third-order valence-corrected chi connectivity index (χ3v) is 5.82. The van der Waals surface area contributed by atoms with E-state index in [1.807, 2.05) is 35.8 Å². The van der Waals surface area contributed by atoms with Crippen molar-refractivity contribution in [2.45, 2.75) is 19.5 Å². The van der Waals surface area contributed by atoms with Crippen molar-refractivity contribution in [1.82, 2.24) is 9.88 Å². The number of amidine groups is 1. The molecule has 5 rings (SSSR count). The first-order valence-electron chi connectivity index (χ1n) is 10.8. The Hall–Kier alpha value is -5.00. The molecular weight excluding hydrogens is 470 g/mol. The second-order valence-corrected chi connectivity index (χ2v) is 8.06. The first kappa shape index (κ1) is 22.8. The number of hydrogen-bond acceptors (Lipinski definition) is 7. The second-order valence-electron chi connectivity index (χ2n) is 8.06. The number of amides is 3. The first-order chi connectivity index (χ1) is 17.3. The number of hydrogen-bond donors (Lipinski definition) is 2. The maximum absolute atomic E-state index is 12.9. The van der Waals surface area contributed by atoms with E-state index in [1.165, 1.54) is 6.08 Å². The number of benzene rings is 2. The number of ether oxygens (including phenoxy) is 2. The van der Waals surface area contributed by atoms with Gasteiger partial charge in [0, 0.05) is 38.8 Å². The molecule has 36 heavy (non-hydrogen) atoms. The summed E-state index contributed by atoms with van der Waals surface area (Å²) in [5, 5.41) is 16.9. The summed E-state index contributed by atoms with van der Waals surface area (Å²) in [5.41, 5.74) is 2.87. The van der Waals surface area contributed by atoms with E-state index in [1.54, 1.807) is 24.3 Å². The zero-order valence-electron chi connectivity index (χ0n) is 18.9. The summed E-state index contributed by atoms with van der Waals surface area (Å²) in [6.45, 7) is 2.00. The summed E-state index contributed by atoms with van der Waals surface area (Å²) in [6.07, 6.45) is 3.04. The Morgan fingerprint density at radius 1 is 1.22 bits per heavy atom. The van der Waals surface area contributed by atoms with Crippen LogP contribution in [0, 0.1) is 17.0 Å². The molecule has 3 heterocycles. The molecule has 0 aliphatic carbocycles. The SMILES string of the molecule is Cc1c(C=CC2=NC(=O)C([N+](=O)[O-])C(=O)N2)c2ccccc2n1CC(=O)Nc1ccc2c(c1)OCO2. The topological polar surface area (TPSA) is 154 Å². The fraction of sp³-hybridized carbons (Fsp3) is 0.167. The Labute approximate surface area is 203 Å². The number of carbonyl (C=O) groups is 3. The molecule has 1 atom stereocenters. The minimum Gasteiger partial charge on any atom is -0.454 e. The Morgan fingerprint density at radius 3 is 2.78 bits per heavy atom. The highest BCUT2D eigenvalue weighted by Gasteiger charge is 2.41. The maximum atomic E-state index is 12.9. The summed E-state index contributed by atoms with van der Waals surface area (Å²) >= 11 is 0. The van der Waals surface area contributed by atoms with E-state index in [-0.39, 0.29) is 25.1 Å². The standard InChI is InChI=1S/C24H19N5O7/c1-13-15(7-9-20-26-23(31)22(29(33)34)24(32)27-20)16-4-2-3-5-17(16)28(13)11-21(30)25-14-6-8-18-19(10-14)36-12-35-18/h2-10,22H,11-12H2,1H3,(H,25,30)(H,26,27,31,32). The van der Waals surface area contributed by atoms with Gasteiger partial charge in [0.05, 0.1) is 0 Å². The molecule has 3 aromatic rings. The Bertz CT molecular complexity index is 1500. The average Bonchev–Trinajstić information content (AvgIpc) is 3.39. The van der Waals surface area contributed by atoms with Gasteiger partial charge >= 0.3 is 17.9 Å². The first-order valence-corrected chi connectivity index (χ1v) is 10.8. The van der Waals surface area contributed by atoms with Crippen LogP contribution in [0.1, 0.15) is 11.3 Å². The molecule has 12 heteroatoms. The van der Waals surface area contributed by atoms with E-state index in [4.69, 9.17) is 9.47 Å². The number of nitro groups is 1. The van der Waals surface area contributed by atoms with Crippen LogP contribution in [0.15, 0.2) is 53.5 Å². The van der Waals surface area contributed by atoms with Gasteiger partial charge in [0.2, 0.25) is 12.7 Å². The van der Waals surface area contributed by atoms with Gasteiger partial charge in [0.15, 0.2) is 11.5 Å². The molecule has 0 fully saturated rings. The zero-order valence-corrected chi connectivity index (χ0v) is 18.9. The molecule has 3 amide bonds. The molecule has 1 aromatic heterocycles. The highest BCUT2D eigenvalue weighted by Crippen LogP contribution is 2.34. The van der Waals surface area contributed by atoms with Gasteiger partial charge in [-0.2, -0.15) is 4.99 Å². The molecule has 0 spiro atoms. The van der Waals surface area contributed by atoms with Crippen molar-refractivity contribution < 1.29 is 28.8 Å². The van der Waals surface area contributed by atoms with Crippen LogP contribution in [-0.2, 0) is 20.9 Å². The van der Waals surface area contributed by atoms with Crippen LogP contribution in [0.2, 0.25) is 0 Å². The van der Waals surface area contributed by atoms with Crippen molar-refractivity contribution in [2.75, 3.05) is 12.1 Å². The van der Waals surface area contributed by atoms with Gasteiger partial charge in [0.25, 0.3) is 0 Å². The number of aliphatic imine (C=N–C) groups is 1. The van der Waals surface area contributed by atoms with Crippen LogP contribution in [0.4, 0.5) is 5.69 Å². The van der Waals surface area contributed by atoms with E-state index in [2.05, 4.69) is 15.6 Å². The van der Waals surface area contributed by atoms with Gasteiger partial charge in [-0.3, -0.25) is 24.5 Å². The minimum atomic E-state index is -2.05. The number of fused-ring (bicyclic) bond motifs is 2. The third kappa shape index (κ3) is 4.15. The minimum absolute atomic E-state index is 0.0231. The lowest BCUT2D eigenvalue weighted by molar-refractivity contribution is -0.493. The fourth-order valence-electron chi connectivity index (χ4n) is 4.13. The number of rotatable bonds is 6.